The molecule has 13 heavy (non-hydrogen) atoms. The van der Waals surface area contributed by atoms with Crippen LogP contribution in [0, 0.1) is 5.92 Å². The third-order valence-electron chi connectivity index (χ3n) is 2.08. The molecule has 0 amide bonds. The van der Waals surface area contributed by atoms with Crippen LogP contribution in [0.4, 0.5) is 0 Å². The highest BCUT2D eigenvalue weighted by Crippen LogP contribution is 2.55. The molecule has 0 aromatic carbocycles. The van der Waals surface area contributed by atoms with E-state index in [9.17, 15) is 4.57 Å². The van der Waals surface area contributed by atoms with Crippen LogP contribution in [0.3, 0.4) is 0 Å². The van der Waals surface area contributed by atoms with Crippen molar-refractivity contribution in [3.05, 3.63) is 0 Å². The van der Waals surface area contributed by atoms with E-state index in [0.717, 1.165) is 0 Å². The molecule has 0 rings (SSSR count). The van der Waals surface area contributed by atoms with Gasteiger partial charge in [0.15, 0.2) is 0 Å². The van der Waals surface area contributed by atoms with Crippen molar-refractivity contribution < 1.29 is 13.6 Å². The molecule has 0 spiro atoms. The molecule has 0 fully saturated rings. The van der Waals surface area contributed by atoms with E-state index in [0.29, 0.717) is 19.1 Å². The van der Waals surface area contributed by atoms with Crippen molar-refractivity contribution >= 4 is 7.60 Å². The SMILES string of the molecule is CCOP(=O)(OCC)[C@H](C)C(C)C. The number of hydrogen-bond acceptors (Lipinski definition) is 3. The Bertz CT molecular complexity index is 170. The van der Waals surface area contributed by atoms with Crippen molar-refractivity contribution in [3.63, 3.8) is 0 Å². The van der Waals surface area contributed by atoms with Crippen molar-refractivity contribution in [2.24, 2.45) is 5.92 Å². The zero-order valence-electron chi connectivity index (χ0n) is 9.24. The Labute approximate surface area is 81.3 Å². The quantitative estimate of drug-likeness (QED) is 0.628. The summed E-state index contributed by atoms with van der Waals surface area (Å²) in [5.74, 6) is 0.309. The van der Waals surface area contributed by atoms with E-state index in [4.69, 9.17) is 9.05 Å². The minimum atomic E-state index is -2.87. The maximum atomic E-state index is 12.1. The Hall–Kier alpha value is 0.150. The van der Waals surface area contributed by atoms with Crippen LogP contribution in [-0.2, 0) is 13.6 Å². The van der Waals surface area contributed by atoms with E-state index in [1.807, 2.05) is 34.6 Å². The lowest BCUT2D eigenvalue weighted by Crippen LogP contribution is -2.15. The maximum Gasteiger partial charge on any atom is 0.333 e. The highest BCUT2D eigenvalue weighted by molar-refractivity contribution is 7.54. The molecule has 0 saturated carbocycles. The highest BCUT2D eigenvalue weighted by atomic mass is 31.2. The molecule has 0 aromatic rings. The summed E-state index contributed by atoms with van der Waals surface area (Å²) < 4.78 is 22.6. The minimum absolute atomic E-state index is 0.0348. The molecule has 0 aliphatic carbocycles. The molecule has 0 radical (unpaired) electrons. The Morgan fingerprint density at radius 1 is 1.08 bits per heavy atom. The van der Waals surface area contributed by atoms with E-state index in [1.165, 1.54) is 0 Å². The maximum absolute atomic E-state index is 12.1. The lowest BCUT2D eigenvalue weighted by Gasteiger charge is -2.25. The average molecular weight is 208 g/mol. The topological polar surface area (TPSA) is 35.5 Å². The van der Waals surface area contributed by atoms with Gasteiger partial charge in [0, 0.05) is 0 Å². The van der Waals surface area contributed by atoms with Crippen molar-refractivity contribution in [2.45, 2.75) is 40.3 Å². The fraction of sp³-hybridized carbons (Fsp3) is 1.00. The van der Waals surface area contributed by atoms with Crippen LogP contribution >= 0.6 is 7.60 Å². The molecule has 80 valence electrons. The molecule has 0 bridgehead atoms. The van der Waals surface area contributed by atoms with Crippen molar-refractivity contribution in [2.75, 3.05) is 13.2 Å². The van der Waals surface area contributed by atoms with Gasteiger partial charge < -0.3 is 9.05 Å². The van der Waals surface area contributed by atoms with Crippen LogP contribution in [0.2, 0.25) is 0 Å². The van der Waals surface area contributed by atoms with Crippen molar-refractivity contribution in [3.8, 4) is 0 Å². The minimum Gasteiger partial charge on any atom is -0.309 e. The highest BCUT2D eigenvalue weighted by Gasteiger charge is 2.33. The van der Waals surface area contributed by atoms with Gasteiger partial charge in [0.1, 0.15) is 0 Å². The lowest BCUT2D eigenvalue weighted by atomic mass is 10.2. The lowest BCUT2D eigenvalue weighted by molar-refractivity contribution is 0.208. The molecular formula is C9H21O3P. The summed E-state index contributed by atoms with van der Waals surface area (Å²) in [6, 6.07) is 0. The van der Waals surface area contributed by atoms with E-state index < -0.39 is 7.60 Å². The third kappa shape index (κ3) is 3.80. The largest absolute Gasteiger partial charge is 0.333 e. The summed E-state index contributed by atoms with van der Waals surface area (Å²) in [6.45, 7) is 10.5. The first-order chi connectivity index (χ1) is 5.98. The van der Waals surface area contributed by atoms with Gasteiger partial charge in [0.05, 0.1) is 18.9 Å². The zero-order chi connectivity index (χ0) is 10.5. The van der Waals surface area contributed by atoms with Gasteiger partial charge in [-0.1, -0.05) is 20.8 Å². The predicted molar refractivity (Wildman–Crippen MR) is 55.2 cm³/mol. The molecule has 3 nitrogen and oxygen atoms in total. The molecule has 0 aliphatic heterocycles. The molecule has 0 aromatic heterocycles. The average Bonchev–Trinajstić information content (AvgIpc) is 2.03. The molecule has 0 N–H and O–H groups in total. The van der Waals surface area contributed by atoms with Crippen LogP contribution < -0.4 is 0 Å². The van der Waals surface area contributed by atoms with Gasteiger partial charge in [0.2, 0.25) is 0 Å². The Morgan fingerprint density at radius 2 is 1.46 bits per heavy atom. The standard InChI is InChI=1S/C9H21O3P/c1-6-11-13(10,12-7-2)9(5)8(3)4/h8-9H,6-7H2,1-5H3/t9-/m1/s1. The van der Waals surface area contributed by atoms with Gasteiger partial charge in [-0.2, -0.15) is 0 Å². The van der Waals surface area contributed by atoms with Crippen molar-refractivity contribution in [1.82, 2.24) is 0 Å². The van der Waals surface area contributed by atoms with Gasteiger partial charge in [-0.05, 0) is 19.8 Å². The van der Waals surface area contributed by atoms with Crippen LogP contribution in [0.25, 0.3) is 0 Å². The zero-order valence-corrected chi connectivity index (χ0v) is 10.1. The second-order valence-corrected chi connectivity index (χ2v) is 5.77. The van der Waals surface area contributed by atoms with Gasteiger partial charge >= 0.3 is 7.60 Å². The smallest absolute Gasteiger partial charge is 0.309 e. The first-order valence-electron chi connectivity index (χ1n) is 4.86. The first-order valence-corrected chi connectivity index (χ1v) is 6.47. The Kier molecular flexibility index (Phi) is 5.86. The monoisotopic (exact) mass is 208 g/mol. The van der Waals surface area contributed by atoms with Gasteiger partial charge in [-0.15, -0.1) is 0 Å². The molecular weight excluding hydrogens is 187 g/mol. The van der Waals surface area contributed by atoms with Crippen molar-refractivity contribution in [1.29, 1.82) is 0 Å². The summed E-state index contributed by atoms with van der Waals surface area (Å²) in [6.07, 6.45) is 0. The van der Waals surface area contributed by atoms with E-state index in [1.54, 1.807) is 0 Å². The van der Waals surface area contributed by atoms with Crippen LogP contribution in [0.1, 0.15) is 34.6 Å². The normalized spacial score (nSPS) is 14.9. The summed E-state index contributed by atoms with van der Waals surface area (Å²) in [5, 5.41) is 0. The second kappa shape index (κ2) is 5.79. The molecule has 0 heterocycles. The predicted octanol–water partition coefficient (Wildman–Crippen LogP) is 3.30. The molecule has 1 atom stereocenters. The molecule has 0 saturated heterocycles. The fourth-order valence-corrected chi connectivity index (χ4v) is 2.99. The fourth-order valence-electron chi connectivity index (χ4n) is 0.997. The van der Waals surface area contributed by atoms with E-state index in [2.05, 4.69) is 0 Å². The van der Waals surface area contributed by atoms with Crippen LogP contribution in [0.15, 0.2) is 0 Å². The Morgan fingerprint density at radius 3 is 1.69 bits per heavy atom. The Balaban J connectivity index is 4.47. The van der Waals surface area contributed by atoms with Gasteiger partial charge in [-0.25, -0.2) is 0 Å². The first kappa shape index (κ1) is 13.2. The summed E-state index contributed by atoms with van der Waals surface area (Å²) >= 11 is 0. The number of hydrogen-bond donors (Lipinski definition) is 0. The van der Waals surface area contributed by atoms with Gasteiger partial charge in [-0.3, -0.25) is 4.57 Å². The van der Waals surface area contributed by atoms with E-state index >= 15 is 0 Å². The van der Waals surface area contributed by atoms with E-state index in [-0.39, 0.29) is 5.66 Å². The second-order valence-electron chi connectivity index (χ2n) is 3.36. The van der Waals surface area contributed by atoms with Crippen LogP contribution in [-0.4, -0.2) is 18.9 Å². The summed E-state index contributed by atoms with van der Waals surface area (Å²) in [4.78, 5) is 0. The molecule has 0 unspecified atom stereocenters. The molecule has 0 aliphatic rings. The van der Waals surface area contributed by atoms with Gasteiger partial charge in [0.25, 0.3) is 0 Å². The number of rotatable bonds is 6. The third-order valence-corrected chi connectivity index (χ3v) is 4.91. The van der Waals surface area contributed by atoms with Crippen LogP contribution in [0.5, 0.6) is 0 Å². The molecule has 4 heteroatoms. The summed E-state index contributed by atoms with van der Waals surface area (Å²) in [5.41, 5.74) is -0.0348. The summed E-state index contributed by atoms with van der Waals surface area (Å²) in [7, 11) is -2.87.